The highest BCUT2D eigenvalue weighted by Crippen LogP contribution is 2.31. The van der Waals surface area contributed by atoms with Gasteiger partial charge >= 0.3 is 6.55 Å². The van der Waals surface area contributed by atoms with Crippen molar-refractivity contribution in [3.8, 4) is 28.1 Å². The fourth-order valence-electron chi connectivity index (χ4n) is 4.14. The Hall–Kier alpha value is -4.05. The zero-order chi connectivity index (χ0) is 28.1. The van der Waals surface area contributed by atoms with E-state index in [1.807, 2.05) is 87.0 Å². The predicted octanol–water partition coefficient (Wildman–Crippen LogP) is 5.57. The summed E-state index contributed by atoms with van der Waals surface area (Å²) in [6, 6.07) is 12.7. The van der Waals surface area contributed by atoms with Gasteiger partial charge in [-0.1, -0.05) is 6.07 Å². The number of nitrogens with zero attached hydrogens (tertiary/aromatic N) is 5. The van der Waals surface area contributed by atoms with Crippen molar-refractivity contribution in [2.24, 2.45) is 0 Å². The average Bonchev–Trinajstić information content (AvgIpc) is 3.59. The molecule has 1 N–H and O–H groups in total. The number of carbonyl (C=O) groups excluding carboxylic acids is 1. The maximum absolute atomic E-state index is 13.3. The Balaban J connectivity index is 1.62. The van der Waals surface area contributed by atoms with Gasteiger partial charge in [0, 0.05) is 42.2 Å². The van der Waals surface area contributed by atoms with Crippen molar-refractivity contribution in [1.29, 1.82) is 0 Å². The number of nitrogens with one attached hydrogen (secondary N) is 1. The topological polar surface area (TPSA) is 77.2 Å². The highest BCUT2D eigenvalue weighted by atomic mass is 19.3. The number of alkyl halides is 2. The van der Waals surface area contributed by atoms with E-state index in [9.17, 15) is 13.6 Å². The van der Waals surface area contributed by atoms with E-state index in [1.54, 1.807) is 6.07 Å². The first-order valence-electron chi connectivity index (χ1n) is 12.8. The number of likely N-dealkylation sites (N-methyl/N-ethyl adjacent to an activating group) is 1. The van der Waals surface area contributed by atoms with Crippen molar-refractivity contribution in [2.45, 2.75) is 39.9 Å². The quantitative estimate of drug-likeness (QED) is 0.271. The van der Waals surface area contributed by atoms with Gasteiger partial charge in [-0.25, -0.2) is 4.68 Å². The minimum atomic E-state index is -2.73. The van der Waals surface area contributed by atoms with Gasteiger partial charge in [-0.05, 0) is 88.0 Å². The van der Waals surface area contributed by atoms with Gasteiger partial charge in [-0.3, -0.25) is 9.48 Å². The molecular weight excluding hydrogens is 502 g/mol. The molecule has 0 radical (unpaired) electrons. The molecule has 0 fully saturated rings. The molecule has 39 heavy (non-hydrogen) atoms. The summed E-state index contributed by atoms with van der Waals surface area (Å²) < 4.78 is 34.6. The highest BCUT2D eigenvalue weighted by Gasteiger charge is 2.18. The second-order valence-corrected chi connectivity index (χ2v) is 9.71. The van der Waals surface area contributed by atoms with E-state index in [2.05, 4.69) is 15.5 Å². The van der Waals surface area contributed by atoms with E-state index in [0.29, 0.717) is 33.7 Å². The summed E-state index contributed by atoms with van der Waals surface area (Å²) >= 11 is 0. The molecule has 10 heteroatoms. The first-order valence-corrected chi connectivity index (χ1v) is 12.8. The van der Waals surface area contributed by atoms with Gasteiger partial charge in [0.2, 0.25) is 0 Å². The zero-order valence-corrected chi connectivity index (χ0v) is 22.9. The van der Waals surface area contributed by atoms with Crippen LogP contribution in [-0.2, 0) is 6.54 Å². The monoisotopic (exact) mass is 536 g/mol. The lowest BCUT2D eigenvalue weighted by Crippen LogP contribution is -2.27. The van der Waals surface area contributed by atoms with E-state index in [0.717, 1.165) is 35.5 Å². The number of rotatable bonds is 11. The van der Waals surface area contributed by atoms with Crippen LogP contribution in [0.15, 0.2) is 61.1 Å². The molecule has 0 spiro atoms. The van der Waals surface area contributed by atoms with Gasteiger partial charge in [-0.15, -0.1) is 0 Å². The molecule has 4 aromatic rings. The van der Waals surface area contributed by atoms with Gasteiger partial charge in [0.15, 0.2) is 0 Å². The summed E-state index contributed by atoms with van der Waals surface area (Å²) in [6.07, 6.45) is 4.61. The Labute approximate surface area is 227 Å². The third-order valence-electron chi connectivity index (χ3n) is 6.46. The number of aromatic nitrogens is 4. The van der Waals surface area contributed by atoms with Crippen LogP contribution < -0.4 is 10.1 Å². The normalized spacial score (nSPS) is 12.2. The van der Waals surface area contributed by atoms with Gasteiger partial charge in [0.05, 0.1) is 17.9 Å². The van der Waals surface area contributed by atoms with Crippen LogP contribution in [0.5, 0.6) is 5.75 Å². The largest absolute Gasteiger partial charge is 0.492 e. The molecule has 206 valence electrons. The first kappa shape index (κ1) is 28.0. The summed E-state index contributed by atoms with van der Waals surface area (Å²) in [5, 5.41) is 11.5. The Kier molecular flexibility index (Phi) is 8.75. The lowest BCUT2D eigenvalue weighted by molar-refractivity contribution is 0.0566. The summed E-state index contributed by atoms with van der Waals surface area (Å²) in [5.74, 6) is 0.401. The van der Waals surface area contributed by atoms with Crippen LogP contribution in [0, 0.1) is 6.92 Å². The van der Waals surface area contributed by atoms with Crippen LogP contribution in [0.2, 0.25) is 0 Å². The van der Waals surface area contributed by atoms with Crippen molar-refractivity contribution in [3.05, 3.63) is 77.7 Å². The van der Waals surface area contributed by atoms with Crippen LogP contribution in [0.1, 0.15) is 47.9 Å². The van der Waals surface area contributed by atoms with E-state index in [1.165, 1.54) is 12.4 Å². The Morgan fingerprint density at radius 3 is 2.54 bits per heavy atom. The molecular formula is C29H34F2N6O2. The molecule has 8 nitrogen and oxygen atoms in total. The Morgan fingerprint density at radius 2 is 1.87 bits per heavy atom. The van der Waals surface area contributed by atoms with Crippen molar-refractivity contribution in [2.75, 3.05) is 27.2 Å². The minimum Gasteiger partial charge on any atom is -0.492 e. The third-order valence-corrected chi connectivity index (χ3v) is 6.46. The molecule has 1 atom stereocenters. The van der Waals surface area contributed by atoms with Crippen molar-refractivity contribution in [3.63, 3.8) is 0 Å². The van der Waals surface area contributed by atoms with E-state index in [-0.39, 0.29) is 11.9 Å². The molecule has 0 aliphatic carbocycles. The lowest BCUT2D eigenvalue weighted by Gasteiger charge is -2.18. The first-order chi connectivity index (χ1) is 18.6. The van der Waals surface area contributed by atoms with Crippen molar-refractivity contribution >= 4 is 5.91 Å². The van der Waals surface area contributed by atoms with Crippen LogP contribution in [0.3, 0.4) is 0 Å². The minimum absolute atomic E-state index is 0.231. The van der Waals surface area contributed by atoms with E-state index in [4.69, 9.17) is 4.74 Å². The van der Waals surface area contributed by atoms with Crippen LogP contribution in [-0.4, -0.2) is 57.6 Å². The number of carbonyl (C=O) groups is 1. The van der Waals surface area contributed by atoms with Crippen molar-refractivity contribution < 1.29 is 18.3 Å². The SMILES string of the molecule is CCn1ccc(-c2cc(-c3cnn(C(F)F)c3)cc([C@@H](C)NC(=O)c3cc(OCCN(C)C)ccc3C)c2)n1. The third kappa shape index (κ3) is 6.88. The fourth-order valence-corrected chi connectivity index (χ4v) is 4.14. The van der Waals surface area contributed by atoms with Gasteiger partial charge in [0.1, 0.15) is 12.4 Å². The second kappa shape index (κ2) is 12.2. The second-order valence-electron chi connectivity index (χ2n) is 9.71. The van der Waals surface area contributed by atoms with Gasteiger partial charge < -0.3 is 15.0 Å². The smallest absolute Gasteiger partial charge is 0.333 e. The lowest BCUT2D eigenvalue weighted by atomic mass is 9.96. The van der Waals surface area contributed by atoms with E-state index >= 15 is 0 Å². The maximum atomic E-state index is 13.3. The summed E-state index contributed by atoms with van der Waals surface area (Å²) in [6.45, 7) is 5.03. The Bertz CT molecular complexity index is 1430. The summed E-state index contributed by atoms with van der Waals surface area (Å²) in [7, 11) is 3.94. The zero-order valence-electron chi connectivity index (χ0n) is 22.9. The molecule has 0 saturated carbocycles. The number of hydrogen-bond donors (Lipinski definition) is 1. The van der Waals surface area contributed by atoms with Crippen LogP contribution in [0.4, 0.5) is 8.78 Å². The molecule has 2 aromatic heterocycles. The molecule has 0 saturated heterocycles. The molecule has 4 rings (SSSR count). The standard InChI is InChI=1S/C29H34F2N6O2/c1-6-36-10-9-27(34-36)23-14-21(13-22(15-23)24-17-32-37(18-24)29(30)31)20(3)33-28(38)26-16-25(8-7-19(26)2)39-12-11-35(4)5/h7-10,13-18,20,29H,6,11-12H2,1-5H3,(H,33,38)/t20-/m1/s1. The Morgan fingerprint density at radius 1 is 1.10 bits per heavy atom. The molecule has 0 aliphatic rings. The highest BCUT2D eigenvalue weighted by molar-refractivity contribution is 5.96. The summed E-state index contributed by atoms with van der Waals surface area (Å²) in [5.41, 5.74) is 4.98. The van der Waals surface area contributed by atoms with Crippen LogP contribution in [0.25, 0.3) is 22.4 Å². The molecule has 2 heterocycles. The molecule has 0 aliphatic heterocycles. The van der Waals surface area contributed by atoms with E-state index < -0.39 is 6.55 Å². The van der Waals surface area contributed by atoms with Crippen molar-refractivity contribution in [1.82, 2.24) is 29.8 Å². The maximum Gasteiger partial charge on any atom is 0.333 e. The van der Waals surface area contributed by atoms with Gasteiger partial charge in [0.25, 0.3) is 5.91 Å². The number of ether oxygens (including phenoxy) is 1. The molecule has 2 aromatic carbocycles. The predicted molar refractivity (Wildman–Crippen MR) is 147 cm³/mol. The number of hydrogen-bond acceptors (Lipinski definition) is 5. The van der Waals surface area contributed by atoms with Crippen LogP contribution >= 0.6 is 0 Å². The van der Waals surface area contributed by atoms with Gasteiger partial charge in [-0.2, -0.15) is 19.0 Å². The number of benzene rings is 2. The molecule has 0 unspecified atom stereocenters. The number of halogens is 2. The number of amides is 1. The fraction of sp³-hybridized carbons (Fsp3) is 0.345. The summed E-state index contributed by atoms with van der Waals surface area (Å²) in [4.78, 5) is 15.4. The molecule has 0 bridgehead atoms. The number of aryl methyl sites for hydroxylation is 2. The average molecular weight is 537 g/mol. The molecule has 1 amide bonds.